The number of halogens is 1. The highest BCUT2D eigenvalue weighted by molar-refractivity contribution is 6.31. The van der Waals surface area contributed by atoms with Gasteiger partial charge in [-0.1, -0.05) is 23.7 Å². The van der Waals surface area contributed by atoms with Crippen LogP contribution in [0.1, 0.15) is 30.5 Å². The first kappa shape index (κ1) is 25.4. The Balaban J connectivity index is 1.46. The van der Waals surface area contributed by atoms with Crippen molar-refractivity contribution in [3.05, 3.63) is 83.0 Å². The number of carbonyl (C=O) groups is 1. The minimum Gasteiger partial charge on any atom is -0.493 e. The molecular formula is C29H27ClN4O4. The molecule has 0 spiro atoms. The summed E-state index contributed by atoms with van der Waals surface area (Å²) in [4.78, 5) is 17.0. The van der Waals surface area contributed by atoms with Gasteiger partial charge in [0.1, 0.15) is 0 Å². The molecule has 0 bridgehead atoms. The molecule has 3 aromatic carbocycles. The third-order valence-corrected chi connectivity index (χ3v) is 6.72. The molecule has 0 saturated carbocycles. The van der Waals surface area contributed by atoms with Crippen LogP contribution in [0.5, 0.6) is 17.2 Å². The van der Waals surface area contributed by atoms with Gasteiger partial charge in [-0.3, -0.25) is 9.78 Å². The summed E-state index contributed by atoms with van der Waals surface area (Å²) < 4.78 is 16.5. The Bertz CT molecular complexity index is 1530. The molecule has 1 aromatic heterocycles. The largest absolute Gasteiger partial charge is 0.493 e. The van der Waals surface area contributed by atoms with Gasteiger partial charge < -0.3 is 19.5 Å². The molecule has 194 valence electrons. The van der Waals surface area contributed by atoms with Crippen molar-refractivity contribution in [3.63, 3.8) is 0 Å². The summed E-state index contributed by atoms with van der Waals surface area (Å²) >= 11 is 6.15. The first-order valence-electron chi connectivity index (χ1n) is 12.0. The lowest BCUT2D eigenvalue weighted by molar-refractivity contribution is -0.130. The van der Waals surface area contributed by atoms with Crippen molar-refractivity contribution in [3.8, 4) is 17.2 Å². The van der Waals surface area contributed by atoms with Gasteiger partial charge >= 0.3 is 0 Å². The van der Waals surface area contributed by atoms with Gasteiger partial charge in [0.2, 0.25) is 11.7 Å². The van der Waals surface area contributed by atoms with Crippen LogP contribution in [0.4, 0.5) is 11.4 Å². The fraction of sp³-hybridized carbons (Fsp3) is 0.207. The Hall–Kier alpha value is -4.30. The van der Waals surface area contributed by atoms with Crippen LogP contribution in [0.3, 0.4) is 0 Å². The number of nitrogens with one attached hydrogen (secondary N) is 1. The summed E-state index contributed by atoms with van der Waals surface area (Å²) in [7, 11) is 4.70. The monoisotopic (exact) mass is 530 g/mol. The lowest BCUT2D eigenvalue weighted by atomic mass is 9.97. The lowest BCUT2D eigenvalue weighted by Gasteiger charge is -2.21. The number of hydrogen-bond donors (Lipinski definition) is 1. The molecule has 0 radical (unpaired) electrons. The maximum Gasteiger partial charge on any atom is 0.240 e. The van der Waals surface area contributed by atoms with E-state index in [1.54, 1.807) is 27.5 Å². The number of anilines is 2. The predicted molar refractivity (Wildman–Crippen MR) is 149 cm³/mol. The van der Waals surface area contributed by atoms with Gasteiger partial charge in [-0.2, -0.15) is 5.10 Å². The van der Waals surface area contributed by atoms with E-state index >= 15 is 0 Å². The number of rotatable bonds is 7. The molecule has 1 amide bonds. The highest BCUT2D eigenvalue weighted by Crippen LogP contribution is 2.41. The maximum atomic E-state index is 12.6. The second-order valence-corrected chi connectivity index (χ2v) is 9.25. The topological polar surface area (TPSA) is 85.3 Å². The maximum absolute atomic E-state index is 12.6. The molecule has 8 nitrogen and oxygen atoms in total. The first-order valence-corrected chi connectivity index (χ1v) is 12.4. The Labute approximate surface area is 225 Å². The van der Waals surface area contributed by atoms with Crippen LogP contribution in [0.2, 0.25) is 5.02 Å². The number of nitrogens with zero attached hydrogens (tertiary/aromatic N) is 3. The minimum absolute atomic E-state index is 0.146. The summed E-state index contributed by atoms with van der Waals surface area (Å²) in [6, 6.07) is 19.0. The standard InChI is InChI=1S/C29H27ClN4O4/c1-17(35)34-26(16-24(33-34)19-13-27(36-2)29(38-4)28(14-19)37-3)18-6-5-7-21(12-18)32-23-10-11-31-25-15-20(30)8-9-22(23)25/h5-15,26H,16H2,1-4H3,(H,31,32). The van der Waals surface area contributed by atoms with Crippen molar-refractivity contribution in [1.29, 1.82) is 0 Å². The summed E-state index contributed by atoms with van der Waals surface area (Å²) in [6.45, 7) is 1.52. The van der Waals surface area contributed by atoms with Gasteiger partial charge in [0, 0.05) is 46.9 Å². The molecule has 1 atom stereocenters. The molecule has 0 aliphatic carbocycles. The van der Waals surface area contributed by atoms with Crippen molar-refractivity contribution in [2.24, 2.45) is 5.10 Å². The van der Waals surface area contributed by atoms with E-state index in [9.17, 15) is 4.79 Å². The number of methoxy groups -OCH3 is 3. The summed E-state index contributed by atoms with van der Waals surface area (Å²) in [6.07, 6.45) is 2.27. The smallest absolute Gasteiger partial charge is 0.240 e. The zero-order valence-electron chi connectivity index (χ0n) is 21.5. The Kier molecular flexibility index (Phi) is 7.07. The highest BCUT2D eigenvalue weighted by Gasteiger charge is 2.32. The van der Waals surface area contributed by atoms with Crippen molar-refractivity contribution in [2.75, 3.05) is 26.6 Å². The number of carbonyl (C=O) groups excluding carboxylic acids is 1. The average molecular weight is 531 g/mol. The molecule has 1 N–H and O–H groups in total. The number of fused-ring (bicyclic) bond motifs is 1. The Morgan fingerprint density at radius 1 is 1.00 bits per heavy atom. The van der Waals surface area contributed by atoms with Gasteiger partial charge in [-0.15, -0.1) is 0 Å². The zero-order chi connectivity index (χ0) is 26.8. The van der Waals surface area contributed by atoms with Crippen molar-refractivity contribution in [1.82, 2.24) is 9.99 Å². The van der Waals surface area contributed by atoms with Crippen molar-refractivity contribution in [2.45, 2.75) is 19.4 Å². The van der Waals surface area contributed by atoms with Gasteiger partial charge in [0.25, 0.3) is 0 Å². The van der Waals surface area contributed by atoms with E-state index in [0.717, 1.165) is 39.1 Å². The van der Waals surface area contributed by atoms with Gasteiger partial charge in [0.05, 0.1) is 38.6 Å². The average Bonchev–Trinajstić information content (AvgIpc) is 3.38. The molecule has 2 heterocycles. The first-order chi connectivity index (χ1) is 18.4. The number of benzene rings is 3. The Morgan fingerprint density at radius 2 is 1.76 bits per heavy atom. The molecule has 1 unspecified atom stereocenters. The SMILES string of the molecule is COc1cc(C2=NN(C(C)=O)C(c3cccc(Nc4ccnc5cc(Cl)ccc45)c3)C2)cc(OC)c1OC. The van der Waals surface area contributed by atoms with E-state index < -0.39 is 0 Å². The van der Waals surface area contributed by atoms with Crippen LogP contribution in [-0.4, -0.2) is 42.9 Å². The predicted octanol–water partition coefficient (Wildman–Crippen LogP) is 6.36. The summed E-state index contributed by atoms with van der Waals surface area (Å²) in [5.74, 6) is 1.41. The molecule has 0 fully saturated rings. The van der Waals surface area contributed by atoms with Crippen LogP contribution >= 0.6 is 11.6 Å². The molecule has 9 heteroatoms. The quantitative estimate of drug-likeness (QED) is 0.299. The van der Waals surface area contributed by atoms with Gasteiger partial charge in [-0.05, 0) is 54.1 Å². The van der Waals surface area contributed by atoms with E-state index in [1.807, 2.05) is 60.7 Å². The minimum atomic E-state index is -0.267. The second kappa shape index (κ2) is 10.6. The summed E-state index contributed by atoms with van der Waals surface area (Å²) in [5, 5.41) is 11.3. The number of hydrogen-bond acceptors (Lipinski definition) is 7. The fourth-order valence-corrected chi connectivity index (χ4v) is 4.86. The summed E-state index contributed by atoms with van der Waals surface area (Å²) in [5.41, 5.74) is 5.10. The number of hydrazone groups is 1. The third kappa shape index (κ3) is 4.82. The van der Waals surface area contributed by atoms with E-state index in [-0.39, 0.29) is 11.9 Å². The number of amides is 1. The van der Waals surface area contributed by atoms with Gasteiger partial charge in [0.15, 0.2) is 11.5 Å². The molecule has 5 rings (SSSR count). The van der Waals surface area contributed by atoms with Crippen LogP contribution < -0.4 is 19.5 Å². The van der Waals surface area contributed by atoms with E-state index in [0.29, 0.717) is 28.7 Å². The fourth-order valence-electron chi connectivity index (χ4n) is 4.69. The van der Waals surface area contributed by atoms with E-state index in [1.165, 1.54) is 11.9 Å². The normalized spacial score (nSPS) is 14.8. The van der Waals surface area contributed by atoms with Crippen LogP contribution in [0.15, 0.2) is 72.0 Å². The lowest BCUT2D eigenvalue weighted by Crippen LogP contribution is -2.24. The number of ether oxygens (including phenoxy) is 3. The zero-order valence-corrected chi connectivity index (χ0v) is 22.2. The molecule has 0 saturated heterocycles. The molecule has 1 aliphatic heterocycles. The van der Waals surface area contributed by atoms with E-state index in [4.69, 9.17) is 30.9 Å². The number of pyridine rings is 1. The third-order valence-electron chi connectivity index (χ3n) is 6.49. The molecule has 38 heavy (non-hydrogen) atoms. The van der Waals surface area contributed by atoms with Crippen molar-refractivity contribution < 1.29 is 19.0 Å². The van der Waals surface area contributed by atoms with Gasteiger partial charge in [-0.25, -0.2) is 5.01 Å². The molecular weight excluding hydrogens is 504 g/mol. The van der Waals surface area contributed by atoms with Crippen LogP contribution in [0, 0.1) is 0 Å². The second-order valence-electron chi connectivity index (χ2n) is 8.81. The Morgan fingerprint density at radius 3 is 2.45 bits per heavy atom. The molecule has 4 aromatic rings. The van der Waals surface area contributed by atoms with E-state index in [2.05, 4.69) is 10.3 Å². The number of aromatic nitrogens is 1. The van der Waals surface area contributed by atoms with Crippen molar-refractivity contribution >= 4 is 45.5 Å². The highest BCUT2D eigenvalue weighted by atomic mass is 35.5. The molecule has 1 aliphatic rings. The van der Waals surface area contributed by atoms with Crippen LogP contribution in [0.25, 0.3) is 10.9 Å². The van der Waals surface area contributed by atoms with Crippen LogP contribution in [-0.2, 0) is 4.79 Å².